The molecule has 4 nitrogen and oxygen atoms in total. The van der Waals surface area contributed by atoms with E-state index < -0.39 is 0 Å². The predicted molar refractivity (Wildman–Crippen MR) is 79.8 cm³/mol. The number of hydrogen-bond donors (Lipinski definition) is 2. The van der Waals surface area contributed by atoms with E-state index in [9.17, 15) is 9.90 Å². The van der Waals surface area contributed by atoms with E-state index in [1.807, 2.05) is 25.1 Å². The van der Waals surface area contributed by atoms with Crippen molar-refractivity contribution in [1.82, 2.24) is 9.88 Å². The maximum absolute atomic E-state index is 12.2. The number of rotatable bonds is 2. The van der Waals surface area contributed by atoms with Gasteiger partial charge in [0.05, 0.1) is 6.10 Å². The van der Waals surface area contributed by atoms with Crippen LogP contribution < -0.4 is 5.56 Å². The van der Waals surface area contributed by atoms with Crippen LogP contribution in [-0.2, 0) is 6.54 Å². The van der Waals surface area contributed by atoms with Gasteiger partial charge >= 0.3 is 0 Å². The molecule has 0 radical (unpaired) electrons. The lowest BCUT2D eigenvalue weighted by molar-refractivity contribution is 0.0666. The summed E-state index contributed by atoms with van der Waals surface area (Å²) in [4.78, 5) is 17.3. The van der Waals surface area contributed by atoms with Crippen molar-refractivity contribution in [3.63, 3.8) is 0 Å². The van der Waals surface area contributed by atoms with Crippen LogP contribution in [0.3, 0.4) is 0 Å². The minimum atomic E-state index is -0.258. The highest BCUT2D eigenvalue weighted by Crippen LogP contribution is 2.16. The molecule has 1 aliphatic rings. The van der Waals surface area contributed by atoms with Crippen LogP contribution in [0.15, 0.2) is 29.1 Å². The molecule has 1 fully saturated rings. The molecule has 2 N–H and O–H groups in total. The second-order valence-corrected chi connectivity index (χ2v) is 5.75. The highest BCUT2D eigenvalue weighted by Gasteiger charge is 2.18. The van der Waals surface area contributed by atoms with E-state index in [0.717, 1.165) is 41.4 Å². The van der Waals surface area contributed by atoms with Crippen LogP contribution >= 0.6 is 0 Å². The smallest absolute Gasteiger partial charge is 0.252 e. The number of β-amino-alcohol motifs (C(OH)–C–C–N with tert-alkyl or cyclic N) is 1. The van der Waals surface area contributed by atoms with E-state index in [1.165, 1.54) is 0 Å². The van der Waals surface area contributed by atoms with Gasteiger partial charge in [-0.1, -0.05) is 12.1 Å². The first-order valence-corrected chi connectivity index (χ1v) is 7.15. The van der Waals surface area contributed by atoms with E-state index in [4.69, 9.17) is 0 Å². The van der Waals surface area contributed by atoms with Crippen LogP contribution in [-0.4, -0.2) is 34.2 Å². The minimum Gasteiger partial charge on any atom is -0.392 e. The van der Waals surface area contributed by atoms with Gasteiger partial charge in [0.25, 0.3) is 5.56 Å². The lowest BCUT2D eigenvalue weighted by Gasteiger charge is -2.29. The maximum Gasteiger partial charge on any atom is 0.252 e. The van der Waals surface area contributed by atoms with E-state index in [-0.39, 0.29) is 11.7 Å². The van der Waals surface area contributed by atoms with E-state index in [2.05, 4.69) is 16.0 Å². The molecule has 1 aliphatic heterocycles. The number of nitrogens with one attached hydrogen (secondary N) is 1. The quantitative estimate of drug-likeness (QED) is 0.876. The number of aromatic amines is 1. The zero-order valence-corrected chi connectivity index (χ0v) is 11.7. The second-order valence-electron chi connectivity index (χ2n) is 5.75. The molecule has 20 heavy (non-hydrogen) atoms. The number of fused-ring (bicyclic) bond motifs is 1. The Kier molecular flexibility index (Phi) is 3.59. The van der Waals surface area contributed by atoms with Crippen LogP contribution in [0, 0.1) is 6.92 Å². The highest BCUT2D eigenvalue weighted by atomic mass is 16.3. The van der Waals surface area contributed by atoms with Crippen molar-refractivity contribution < 1.29 is 5.11 Å². The number of hydrogen-bond acceptors (Lipinski definition) is 3. The van der Waals surface area contributed by atoms with Gasteiger partial charge in [0, 0.05) is 24.2 Å². The van der Waals surface area contributed by atoms with Gasteiger partial charge in [0.2, 0.25) is 0 Å². The van der Waals surface area contributed by atoms with Crippen molar-refractivity contribution in [2.45, 2.75) is 32.4 Å². The van der Waals surface area contributed by atoms with Crippen molar-refractivity contribution in [2.24, 2.45) is 0 Å². The first-order valence-electron chi connectivity index (χ1n) is 7.15. The molecule has 2 heterocycles. The lowest BCUT2D eigenvalue weighted by Crippen LogP contribution is -2.38. The van der Waals surface area contributed by atoms with E-state index in [0.29, 0.717) is 13.1 Å². The molecule has 2 aromatic rings. The van der Waals surface area contributed by atoms with Gasteiger partial charge < -0.3 is 10.1 Å². The Balaban J connectivity index is 1.89. The van der Waals surface area contributed by atoms with Crippen molar-refractivity contribution in [1.29, 1.82) is 0 Å². The normalized spacial score (nSPS) is 20.4. The molecule has 0 aliphatic carbocycles. The number of likely N-dealkylation sites (tertiary alicyclic amines) is 1. The Hall–Kier alpha value is -1.65. The molecule has 0 bridgehead atoms. The third-order valence-electron chi connectivity index (χ3n) is 3.95. The Bertz CT molecular complexity index is 678. The van der Waals surface area contributed by atoms with Crippen molar-refractivity contribution >= 4 is 10.9 Å². The van der Waals surface area contributed by atoms with Crippen molar-refractivity contribution in [3.8, 4) is 0 Å². The predicted octanol–water partition coefficient (Wildman–Crippen LogP) is 1.79. The van der Waals surface area contributed by atoms with Gasteiger partial charge in [-0.3, -0.25) is 9.69 Å². The average Bonchev–Trinajstić information content (AvgIpc) is 2.40. The number of aliphatic hydroxyl groups excluding tert-OH is 1. The molecular weight excluding hydrogens is 252 g/mol. The van der Waals surface area contributed by atoms with Gasteiger partial charge in [-0.05, 0) is 49.4 Å². The standard InChI is InChI=1S/C16H20N2O2/c1-11-4-5-12-8-13(16(20)17-15(12)7-11)9-18-6-2-3-14(19)10-18/h4-5,7-8,14,19H,2-3,6,9-10H2,1H3,(H,17,20). The first kappa shape index (κ1) is 13.3. The zero-order chi connectivity index (χ0) is 14.1. The van der Waals surface area contributed by atoms with Gasteiger partial charge in [0.15, 0.2) is 0 Å². The number of aromatic nitrogens is 1. The molecule has 1 aromatic heterocycles. The van der Waals surface area contributed by atoms with Crippen LogP contribution in [0.1, 0.15) is 24.0 Å². The fourth-order valence-electron chi connectivity index (χ4n) is 2.89. The molecule has 1 aromatic carbocycles. The molecule has 0 spiro atoms. The Labute approximate surface area is 118 Å². The van der Waals surface area contributed by atoms with Crippen LogP contribution in [0.4, 0.5) is 0 Å². The molecule has 1 atom stereocenters. The number of aryl methyl sites for hydroxylation is 1. The Morgan fingerprint density at radius 3 is 3.05 bits per heavy atom. The molecule has 3 rings (SSSR count). The summed E-state index contributed by atoms with van der Waals surface area (Å²) in [6.45, 7) is 4.23. The number of nitrogens with zero attached hydrogens (tertiary/aromatic N) is 1. The highest BCUT2D eigenvalue weighted by molar-refractivity contribution is 5.79. The Morgan fingerprint density at radius 1 is 1.40 bits per heavy atom. The third kappa shape index (κ3) is 2.76. The molecule has 1 saturated heterocycles. The summed E-state index contributed by atoms with van der Waals surface area (Å²) >= 11 is 0. The van der Waals surface area contributed by atoms with Crippen LogP contribution in [0.5, 0.6) is 0 Å². The molecule has 4 heteroatoms. The fourth-order valence-corrected chi connectivity index (χ4v) is 2.89. The molecular formula is C16H20N2O2. The summed E-state index contributed by atoms with van der Waals surface area (Å²) < 4.78 is 0. The second kappa shape index (κ2) is 5.38. The SMILES string of the molecule is Cc1ccc2cc(CN3CCCC(O)C3)c(=O)[nH]c2c1. The summed E-state index contributed by atoms with van der Waals surface area (Å²) in [6.07, 6.45) is 1.60. The van der Waals surface area contributed by atoms with Gasteiger partial charge in [0.1, 0.15) is 0 Å². The number of pyridine rings is 1. The lowest BCUT2D eigenvalue weighted by atomic mass is 10.1. The number of aliphatic hydroxyl groups is 1. The van der Waals surface area contributed by atoms with Crippen molar-refractivity contribution in [3.05, 3.63) is 45.7 Å². The summed E-state index contributed by atoms with van der Waals surface area (Å²) in [5.74, 6) is 0. The molecule has 106 valence electrons. The number of piperidine rings is 1. The fraction of sp³-hybridized carbons (Fsp3) is 0.438. The minimum absolute atomic E-state index is 0.0248. The van der Waals surface area contributed by atoms with Gasteiger partial charge in [-0.2, -0.15) is 0 Å². The summed E-state index contributed by atoms with van der Waals surface area (Å²) in [7, 11) is 0. The zero-order valence-electron chi connectivity index (χ0n) is 11.7. The van der Waals surface area contributed by atoms with Gasteiger partial charge in [-0.15, -0.1) is 0 Å². The third-order valence-corrected chi connectivity index (χ3v) is 3.95. The van der Waals surface area contributed by atoms with Gasteiger partial charge in [-0.25, -0.2) is 0 Å². The summed E-state index contributed by atoms with van der Waals surface area (Å²) in [5.41, 5.74) is 2.77. The number of benzene rings is 1. The van der Waals surface area contributed by atoms with E-state index >= 15 is 0 Å². The maximum atomic E-state index is 12.2. The topological polar surface area (TPSA) is 56.3 Å². The first-order chi connectivity index (χ1) is 9.61. The largest absolute Gasteiger partial charge is 0.392 e. The van der Waals surface area contributed by atoms with Crippen molar-refractivity contribution in [2.75, 3.05) is 13.1 Å². The van der Waals surface area contributed by atoms with Crippen LogP contribution in [0.25, 0.3) is 10.9 Å². The average molecular weight is 272 g/mol. The van der Waals surface area contributed by atoms with Crippen LogP contribution in [0.2, 0.25) is 0 Å². The molecule has 0 amide bonds. The summed E-state index contributed by atoms with van der Waals surface area (Å²) in [5, 5.41) is 10.8. The monoisotopic (exact) mass is 272 g/mol. The number of H-pyrrole nitrogens is 1. The molecule has 0 saturated carbocycles. The van der Waals surface area contributed by atoms with E-state index in [1.54, 1.807) is 0 Å². The Morgan fingerprint density at radius 2 is 2.25 bits per heavy atom. The summed E-state index contributed by atoms with van der Waals surface area (Å²) in [6, 6.07) is 8.05. The molecule has 1 unspecified atom stereocenters.